The number of aromatic nitrogens is 5. The van der Waals surface area contributed by atoms with Crippen molar-refractivity contribution in [2.24, 2.45) is 5.92 Å². The van der Waals surface area contributed by atoms with Gasteiger partial charge in [-0.2, -0.15) is 14.4 Å². The molecule has 4 rings (SSSR count). The van der Waals surface area contributed by atoms with Gasteiger partial charge in [-0.25, -0.2) is 0 Å². The summed E-state index contributed by atoms with van der Waals surface area (Å²) in [5.74, 6) is -0.431. The summed E-state index contributed by atoms with van der Waals surface area (Å²) in [6.45, 7) is 2.45. The highest BCUT2D eigenvalue weighted by Gasteiger charge is 2.40. The minimum atomic E-state index is -0.683. The van der Waals surface area contributed by atoms with Gasteiger partial charge in [0.2, 0.25) is 11.8 Å². The minimum absolute atomic E-state index is 0.0259. The first-order chi connectivity index (χ1) is 13.5. The van der Waals surface area contributed by atoms with Crippen LogP contribution in [0.5, 0.6) is 5.88 Å². The molecule has 146 valence electrons. The minimum Gasteiger partial charge on any atom is -0.475 e. The zero-order valence-electron chi connectivity index (χ0n) is 14.9. The molecule has 1 fully saturated rings. The molecule has 1 aliphatic rings. The fourth-order valence-electron chi connectivity index (χ4n) is 2.81. The van der Waals surface area contributed by atoms with Crippen LogP contribution in [-0.2, 0) is 6.54 Å². The monoisotopic (exact) mass is 421 g/mol. The maximum absolute atomic E-state index is 14.7. The largest absolute Gasteiger partial charge is 0.475 e. The van der Waals surface area contributed by atoms with E-state index in [1.165, 1.54) is 11.3 Å². The van der Waals surface area contributed by atoms with E-state index in [0.717, 1.165) is 17.1 Å². The highest BCUT2D eigenvalue weighted by molar-refractivity contribution is 7.11. The fraction of sp³-hybridized carbons (Fsp3) is 0.353. The normalized spacial score (nSPS) is 18.1. The summed E-state index contributed by atoms with van der Waals surface area (Å²) in [5, 5.41) is 12.9. The number of nitrogen functional groups attached to an aromatic ring is 1. The fourth-order valence-corrected chi connectivity index (χ4v) is 3.57. The number of pyridine rings is 1. The molecule has 0 radical (unpaired) electrons. The Morgan fingerprint density at radius 1 is 1.36 bits per heavy atom. The van der Waals surface area contributed by atoms with E-state index in [0.29, 0.717) is 16.6 Å². The van der Waals surface area contributed by atoms with Crippen molar-refractivity contribution in [3.05, 3.63) is 44.9 Å². The molecule has 1 aliphatic carbocycles. The molecule has 3 heterocycles. The Morgan fingerprint density at radius 3 is 2.93 bits per heavy atom. The number of nitrogens with one attached hydrogen (secondary N) is 1. The molecule has 0 unspecified atom stereocenters. The number of ether oxygens (including phenoxy) is 1. The Kier molecular flexibility index (Phi) is 5.23. The maximum Gasteiger partial charge on any atom is 0.257 e. The van der Waals surface area contributed by atoms with Gasteiger partial charge >= 0.3 is 0 Å². The summed E-state index contributed by atoms with van der Waals surface area (Å²) in [4.78, 5) is 12.1. The van der Waals surface area contributed by atoms with Crippen molar-refractivity contribution in [2.45, 2.75) is 25.8 Å². The summed E-state index contributed by atoms with van der Waals surface area (Å²) < 4.78 is 20.3. The van der Waals surface area contributed by atoms with Crippen LogP contribution < -0.4 is 15.8 Å². The highest BCUT2D eigenvalue weighted by Crippen LogP contribution is 2.46. The second-order valence-electron chi connectivity index (χ2n) is 6.43. The van der Waals surface area contributed by atoms with E-state index in [-0.39, 0.29) is 36.0 Å². The molecule has 0 aliphatic heterocycles. The molecule has 0 amide bonds. The predicted molar refractivity (Wildman–Crippen MR) is 104 cm³/mol. The molecule has 3 N–H and O–H groups in total. The lowest BCUT2D eigenvalue weighted by atomic mass is 10.2. The van der Waals surface area contributed by atoms with Crippen molar-refractivity contribution in [3.8, 4) is 5.88 Å². The number of halogens is 2. The predicted octanol–water partition coefficient (Wildman–Crippen LogP) is 3.20. The molecule has 0 bridgehead atoms. The van der Waals surface area contributed by atoms with E-state index in [1.807, 2.05) is 19.1 Å². The van der Waals surface area contributed by atoms with E-state index in [1.54, 1.807) is 6.20 Å². The quantitative estimate of drug-likeness (QED) is 0.598. The average molecular weight is 422 g/mol. The van der Waals surface area contributed by atoms with Gasteiger partial charge in [0, 0.05) is 23.7 Å². The third-order valence-electron chi connectivity index (χ3n) is 4.30. The van der Waals surface area contributed by atoms with E-state index < -0.39 is 5.82 Å². The van der Waals surface area contributed by atoms with Gasteiger partial charge in [0.25, 0.3) is 5.88 Å². The van der Waals surface area contributed by atoms with Gasteiger partial charge in [-0.15, -0.1) is 10.2 Å². The second-order valence-corrected chi connectivity index (χ2v) is 8.14. The van der Waals surface area contributed by atoms with Gasteiger partial charge in [0.15, 0.2) is 5.82 Å². The summed E-state index contributed by atoms with van der Waals surface area (Å²) in [7, 11) is 0. The van der Waals surface area contributed by atoms with Crippen LogP contribution in [0.1, 0.15) is 28.0 Å². The van der Waals surface area contributed by atoms with Crippen LogP contribution in [0.4, 0.5) is 16.2 Å². The SMILES string of the molecule is Cc1nnc(CNc2nc(N)nc(OC[C@H]3C[C@@H]3c3ccc(Cl)cn3)c2F)s1. The zero-order chi connectivity index (χ0) is 19.7. The zero-order valence-corrected chi connectivity index (χ0v) is 16.5. The first-order valence-electron chi connectivity index (χ1n) is 8.59. The Hall–Kier alpha value is -2.59. The number of nitrogens with two attached hydrogens (primary N) is 1. The third-order valence-corrected chi connectivity index (χ3v) is 5.36. The van der Waals surface area contributed by atoms with Crippen molar-refractivity contribution in [1.29, 1.82) is 0 Å². The molecule has 0 saturated heterocycles. The number of nitrogens with zero attached hydrogens (tertiary/aromatic N) is 5. The topological polar surface area (TPSA) is 112 Å². The first-order valence-corrected chi connectivity index (χ1v) is 9.79. The molecule has 28 heavy (non-hydrogen) atoms. The highest BCUT2D eigenvalue weighted by atomic mass is 35.5. The smallest absolute Gasteiger partial charge is 0.257 e. The number of rotatable bonds is 7. The molecule has 3 aromatic rings. The van der Waals surface area contributed by atoms with Gasteiger partial charge < -0.3 is 15.8 Å². The van der Waals surface area contributed by atoms with Crippen molar-refractivity contribution >= 4 is 34.7 Å². The Bertz CT molecular complexity index is 984. The molecule has 1 saturated carbocycles. The van der Waals surface area contributed by atoms with Crippen molar-refractivity contribution in [2.75, 3.05) is 17.7 Å². The summed E-state index contributed by atoms with van der Waals surface area (Å²) >= 11 is 7.28. The van der Waals surface area contributed by atoms with Gasteiger partial charge in [-0.1, -0.05) is 22.9 Å². The van der Waals surface area contributed by atoms with E-state index in [2.05, 4.69) is 30.5 Å². The standard InChI is InChI=1S/C17H17ClFN7OS/c1-8-25-26-13(28-8)6-22-15-14(19)16(24-17(20)23-15)27-7-9-4-11(9)12-3-2-10(18)5-21-12/h2-3,5,9,11H,4,6-7H2,1H3,(H3,20,22,23,24)/t9-,11+/m1/s1. The number of anilines is 2. The van der Waals surface area contributed by atoms with Crippen LogP contribution in [0.25, 0.3) is 0 Å². The molecule has 2 atom stereocenters. The van der Waals surface area contributed by atoms with E-state index in [4.69, 9.17) is 22.1 Å². The van der Waals surface area contributed by atoms with Gasteiger partial charge in [0.1, 0.15) is 10.0 Å². The molecule has 8 nitrogen and oxygen atoms in total. The van der Waals surface area contributed by atoms with E-state index >= 15 is 0 Å². The van der Waals surface area contributed by atoms with Crippen LogP contribution in [0.3, 0.4) is 0 Å². The lowest BCUT2D eigenvalue weighted by Crippen LogP contribution is -2.11. The second kappa shape index (κ2) is 7.80. The average Bonchev–Trinajstić information content (AvgIpc) is 3.33. The van der Waals surface area contributed by atoms with Crippen LogP contribution in [0.2, 0.25) is 5.02 Å². The summed E-state index contributed by atoms with van der Waals surface area (Å²) in [6, 6.07) is 3.70. The Labute approximate surface area is 169 Å². The molecular formula is C17H17ClFN7OS. The van der Waals surface area contributed by atoms with Crippen LogP contribution in [0.15, 0.2) is 18.3 Å². The molecular weight excluding hydrogens is 405 g/mol. The summed E-state index contributed by atoms with van der Waals surface area (Å²) in [5.41, 5.74) is 6.65. The van der Waals surface area contributed by atoms with Gasteiger partial charge in [-0.05, 0) is 25.5 Å². The molecule has 11 heteroatoms. The van der Waals surface area contributed by atoms with Gasteiger partial charge in [-0.3, -0.25) is 4.98 Å². The van der Waals surface area contributed by atoms with Crippen LogP contribution >= 0.6 is 22.9 Å². The maximum atomic E-state index is 14.7. The Balaban J connectivity index is 1.38. The van der Waals surface area contributed by atoms with Crippen molar-refractivity contribution in [1.82, 2.24) is 25.1 Å². The molecule has 3 aromatic heterocycles. The van der Waals surface area contributed by atoms with Crippen molar-refractivity contribution < 1.29 is 9.13 Å². The lowest BCUT2D eigenvalue weighted by molar-refractivity contribution is 0.271. The first kappa shape index (κ1) is 18.8. The summed E-state index contributed by atoms with van der Waals surface area (Å²) in [6.07, 6.45) is 2.54. The number of aryl methyl sites for hydroxylation is 1. The number of hydrogen-bond acceptors (Lipinski definition) is 9. The van der Waals surface area contributed by atoms with Crippen molar-refractivity contribution in [3.63, 3.8) is 0 Å². The molecule has 0 spiro atoms. The van der Waals surface area contributed by atoms with Crippen LogP contribution in [0, 0.1) is 18.7 Å². The van der Waals surface area contributed by atoms with Gasteiger partial charge in [0.05, 0.1) is 18.2 Å². The lowest BCUT2D eigenvalue weighted by Gasteiger charge is -2.10. The molecule has 0 aromatic carbocycles. The number of hydrogen-bond donors (Lipinski definition) is 2. The van der Waals surface area contributed by atoms with E-state index in [9.17, 15) is 4.39 Å². The Morgan fingerprint density at radius 2 is 2.21 bits per heavy atom. The van der Waals surface area contributed by atoms with Crippen LogP contribution in [-0.4, -0.2) is 31.8 Å². The third kappa shape index (κ3) is 4.28.